The average Bonchev–Trinajstić information content (AvgIpc) is 3.42. The number of hydrogen-bond donors (Lipinski definition) is 1. The predicted octanol–water partition coefficient (Wildman–Crippen LogP) is 4.10. The van der Waals surface area contributed by atoms with E-state index in [0.717, 1.165) is 24.6 Å². The van der Waals surface area contributed by atoms with Crippen LogP contribution in [0.3, 0.4) is 0 Å². The standard InChI is InChI=1S/C22H20F3N3O4/c23-22(24,25)20-6-4-15-17(27-20)9-16(26-15)13-2-1-7-28(10-13)21(29)11-30-14-3-5-18-19(8-14)32-12-31-18/h3-6,8-9,13,26H,1-2,7,10-12H2/t13-/m0/s1. The van der Waals surface area contributed by atoms with E-state index >= 15 is 0 Å². The van der Waals surface area contributed by atoms with Gasteiger partial charge in [0.05, 0.1) is 11.0 Å². The minimum absolute atomic E-state index is 0.0122. The summed E-state index contributed by atoms with van der Waals surface area (Å²) in [6, 6.07) is 9.12. The van der Waals surface area contributed by atoms with Gasteiger partial charge in [-0.1, -0.05) is 0 Å². The van der Waals surface area contributed by atoms with Crippen LogP contribution in [0, 0.1) is 0 Å². The first-order valence-electron chi connectivity index (χ1n) is 10.2. The van der Waals surface area contributed by atoms with Crippen molar-refractivity contribution in [3.8, 4) is 17.2 Å². The Bertz CT molecular complexity index is 1160. The maximum absolute atomic E-state index is 12.9. The van der Waals surface area contributed by atoms with Crippen molar-refractivity contribution in [3.63, 3.8) is 0 Å². The van der Waals surface area contributed by atoms with E-state index in [0.29, 0.717) is 35.9 Å². The summed E-state index contributed by atoms with van der Waals surface area (Å²) in [4.78, 5) is 21.3. The summed E-state index contributed by atoms with van der Waals surface area (Å²) in [6.45, 7) is 1.11. The molecule has 2 aliphatic rings. The molecule has 0 saturated carbocycles. The van der Waals surface area contributed by atoms with Gasteiger partial charge in [-0.05, 0) is 43.2 Å². The number of hydrogen-bond acceptors (Lipinski definition) is 5. The number of rotatable bonds is 4. The molecule has 32 heavy (non-hydrogen) atoms. The minimum atomic E-state index is -4.49. The Labute approximate surface area is 181 Å². The summed E-state index contributed by atoms with van der Waals surface area (Å²) >= 11 is 0. The molecule has 0 spiro atoms. The number of alkyl halides is 3. The van der Waals surface area contributed by atoms with Crippen molar-refractivity contribution in [2.45, 2.75) is 24.9 Å². The first-order valence-corrected chi connectivity index (χ1v) is 10.2. The van der Waals surface area contributed by atoms with Gasteiger partial charge in [-0.2, -0.15) is 13.2 Å². The zero-order valence-electron chi connectivity index (χ0n) is 16.9. The van der Waals surface area contributed by atoms with Crippen LogP contribution < -0.4 is 14.2 Å². The molecule has 2 aromatic heterocycles. The molecule has 7 nitrogen and oxygen atoms in total. The number of piperidine rings is 1. The molecule has 1 amide bonds. The highest BCUT2D eigenvalue weighted by Gasteiger charge is 2.33. The fraction of sp³-hybridized carbons (Fsp3) is 0.364. The fourth-order valence-corrected chi connectivity index (χ4v) is 4.07. The van der Waals surface area contributed by atoms with Crippen LogP contribution in [0.15, 0.2) is 36.4 Å². The van der Waals surface area contributed by atoms with E-state index in [1.165, 1.54) is 6.07 Å². The Morgan fingerprint density at radius 1 is 1.19 bits per heavy atom. The third-order valence-electron chi connectivity index (χ3n) is 5.71. The summed E-state index contributed by atoms with van der Waals surface area (Å²) < 4.78 is 55.0. The molecule has 10 heteroatoms. The molecule has 0 aliphatic carbocycles. The molecule has 0 radical (unpaired) electrons. The number of ether oxygens (including phenoxy) is 3. The Hall–Kier alpha value is -3.43. The highest BCUT2D eigenvalue weighted by atomic mass is 19.4. The zero-order valence-corrected chi connectivity index (χ0v) is 16.9. The molecule has 4 heterocycles. The first kappa shape index (κ1) is 20.5. The van der Waals surface area contributed by atoms with Gasteiger partial charge >= 0.3 is 6.18 Å². The molecule has 1 atom stereocenters. The lowest BCUT2D eigenvalue weighted by molar-refractivity contribution is -0.141. The SMILES string of the molecule is O=C(COc1ccc2c(c1)OCO2)N1CCC[C@H](c2cc3nc(C(F)(F)F)ccc3[nH]2)C1. The van der Waals surface area contributed by atoms with E-state index in [1.54, 1.807) is 29.2 Å². The third-order valence-corrected chi connectivity index (χ3v) is 5.71. The van der Waals surface area contributed by atoms with Gasteiger partial charge in [0.1, 0.15) is 11.4 Å². The molecule has 168 valence electrons. The van der Waals surface area contributed by atoms with Crippen LogP contribution in [0.1, 0.15) is 30.1 Å². The highest BCUT2D eigenvalue weighted by molar-refractivity contribution is 5.78. The maximum Gasteiger partial charge on any atom is 0.433 e. The minimum Gasteiger partial charge on any atom is -0.484 e. The lowest BCUT2D eigenvalue weighted by Crippen LogP contribution is -2.41. The van der Waals surface area contributed by atoms with Crippen LogP contribution >= 0.6 is 0 Å². The number of fused-ring (bicyclic) bond motifs is 2. The molecule has 2 aliphatic heterocycles. The molecule has 1 aromatic carbocycles. The predicted molar refractivity (Wildman–Crippen MR) is 108 cm³/mol. The highest BCUT2D eigenvalue weighted by Crippen LogP contribution is 2.35. The van der Waals surface area contributed by atoms with Gasteiger partial charge in [0.15, 0.2) is 18.1 Å². The summed E-state index contributed by atoms with van der Waals surface area (Å²) in [6.07, 6.45) is -2.87. The number of halogens is 3. The fourth-order valence-electron chi connectivity index (χ4n) is 4.07. The number of amides is 1. The van der Waals surface area contributed by atoms with Crippen molar-refractivity contribution in [2.75, 3.05) is 26.5 Å². The number of aromatic nitrogens is 2. The Balaban J connectivity index is 1.24. The van der Waals surface area contributed by atoms with Gasteiger partial charge in [-0.15, -0.1) is 0 Å². The van der Waals surface area contributed by atoms with Crippen molar-refractivity contribution in [1.82, 2.24) is 14.9 Å². The Morgan fingerprint density at radius 3 is 2.88 bits per heavy atom. The van der Waals surface area contributed by atoms with Crippen molar-refractivity contribution >= 4 is 16.9 Å². The molecule has 5 rings (SSSR count). The number of carbonyl (C=O) groups excluding carboxylic acids is 1. The Kier molecular flexibility index (Phi) is 5.07. The largest absolute Gasteiger partial charge is 0.484 e. The van der Waals surface area contributed by atoms with E-state index in [-0.39, 0.29) is 30.7 Å². The van der Waals surface area contributed by atoms with Gasteiger partial charge in [-0.3, -0.25) is 4.79 Å². The van der Waals surface area contributed by atoms with Crippen LogP contribution in [0.4, 0.5) is 13.2 Å². The molecular weight excluding hydrogens is 427 g/mol. The number of likely N-dealkylation sites (tertiary alicyclic amines) is 1. The van der Waals surface area contributed by atoms with E-state index in [1.807, 2.05) is 0 Å². The number of pyridine rings is 1. The number of aromatic amines is 1. The molecule has 1 fully saturated rings. The maximum atomic E-state index is 12.9. The molecule has 1 saturated heterocycles. The van der Waals surface area contributed by atoms with E-state index in [9.17, 15) is 18.0 Å². The van der Waals surface area contributed by atoms with Gasteiger partial charge in [0.2, 0.25) is 6.79 Å². The van der Waals surface area contributed by atoms with E-state index in [4.69, 9.17) is 14.2 Å². The van der Waals surface area contributed by atoms with Crippen LogP contribution in [0.5, 0.6) is 17.2 Å². The quantitative estimate of drug-likeness (QED) is 0.652. The average molecular weight is 447 g/mol. The summed E-state index contributed by atoms with van der Waals surface area (Å²) in [5, 5.41) is 0. The van der Waals surface area contributed by atoms with Gasteiger partial charge < -0.3 is 24.1 Å². The van der Waals surface area contributed by atoms with E-state index in [2.05, 4.69) is 9.97 Å². The van der Waals surface area contributed by atoms with Crippen LogP contribution in [0.25, 0.3) is 11.0 Å². The molecule has 0 bridgehead atoms. The zero-order chi connectivity index (χ0) is 22.3. The summed E-state index contributed by atoms with van der Waals surface area (Å²) in [7, 11) is 0. The molecule has 3 aromatic rings. The second kappa shape index (κ2) is 7.92. The third kappa shape index (κ3) is 4.04. The Morgan fingerprint density at radius 2 is 2.03 bits per heavy atom. The number of H-pyrrole nitrogens is 1. The topological polar surface area (TPSA) is 76.7 Å². The molecular formula is C22H20F3N3O4. The number of benzene rings is 1. The van der Waals surface area contributed by atoms with Crippen molar-refractivity contribution < 1.29 is 32.2 Å². The van der Waals surface area contributed by atoms with Crippen molar-refractivity contribution in [1.29, 1.82) is 0 Å². The smallest absolute Gasteiger partial charge is 0.433 e. The summed E-state index contributed by atoms with van der Waals surface area (Å²) in [5.41, 5.74) is 0.671. The van der Waals surface area contributed by atoms with Crippen molar-refractivity contribution in [3.05, 3.63) is 47.8 Å². The van der Waals surface area contributed by atoms with Gasteiger partial charge in [0, 0.05) is 30.8 Å². The monoisotopic (exact) mass is 447 g/mol. The second-order valence-electron chi connectivity index (χ2n) is 7.83. The normalized spacial score (nSPS) is 18.2. The van der Waals surface area contributed by atoms with E-state index < -0.39 is 11.9 Å². The second-order valence-corrected chi connectivity index (χ2v) is 7.83. The first-order chi connectivity index (χ1) is 15.4. The lowest BCUT2D eigenvalue weighted by Gasteiger charge is -2.32. The number of nitrogens with one attached hydrogen (secondary N) is 1. The number of carbonyl (C=O) groups is 1. The lowest BCUT2D eigenvalue weighted by atomic mass is 9.95. The van der Waals surface area contributed by atoms with Crippen LogP contribution in [-0.4, -0.2) is 47.3 Å². The van der Waals surface area contributed by atoms with Crippen molar-refractivity contribution in [2.24, 2.45) is 0 Å². The van der Waals surface area contributed by atoms with Gasteiger partial charge in [0.25, 0.3) is 5.91 Å². The summed E-state index contributed by atoms with van der Waals surface area (Å²) in [5.74, 6) is 1.56. The number of nitrogens with zero attached hydrogens (tertiary/aromatic N) is 2. The van der Waals surface area contributed by atoms with Gasteiger partial charge in [-0.25, -0.2) is 4.98 Å². The van der Waals surface area contributed by atoms with Crippen LogP contribution in [0.2, 0.25) is 0 Å². The molecule has 0 unspecified atom stereocenters. The van der Waals surface area contributed by atoms with Crippen LogP contribution in [-0.2, 0) is 11.0 Å². The molecule has 1 N–H and O–H groups in total.